The van der Waals surface area contributed by atoms with E-state index >= 15 is 0 Å². The van der Waals surface area contributed by atoms with Gasteiger partial charge in [0.2, 0.25) is 0 Å². The standard InChI is InChI=1S/C4H6O6.2C2H4.CH2O3/c5-3(6)9-1-2-10-4(7)8;2*1-2;2-1(3)4/h1-2H2,(H,5,6)(H,7,8);2*1-2H2;(H2,2,3,4). The summed E-state index contributed by atoms with van der Waals surface area (Å²) in [7, 11) is 0. The predicted octanol–water partition coefficient (Wildman–Crippen LogP) is 2.20. The summed E-state index contributed by atoms with van der Waals surface area (Å²) < 4.78 is 7.84. The Kier molecular flexibility index (Phi) is 32.4. The number of hydrogen-bond donors (Lipinski definition) is 4. The van der Waals surface area contributed by atoms with Crippen molar-refractivity contribution >= 4 is 18.5 Å². The molecule has 0 saturated carbocycles. The van der Waals surface area contributed by atoms with Crippen molar-refractivity contribution in [2.45, 2.75) is 0 Å². The first-order chi connectivity index (χ1) is 8.36. The molecule has 0 aromatic heterocycles. The summed E-state index contributed by atoms with van der Waals surface area (Å²) >= 11 is 0. The van der Waals surface area contributed by atoms with Gasteiger partial charge in [0.1, 0.15) is 13.2 Å². The van der Waals surface area contributed by atoms with Crippen molar-refractivity contribution in [1.82, 2.24) is 0 Å². The third-order valence-corrected chi connectivity index (χ3v) is 0.534. The molecule has 18 heavy (non-hydrogen) atoms. The molecule has 0 fully saturated rings. The molecule has 9 nitrogen and oxygen atoms in total. The summed E-state index contributed by atoms with van der Waals surface area (Å²) in [6.45, 7) is 11.4. The van der Waals surface area contributed by atoms with Crippen molar-refractivity contribution in [2.75, 3.05) is 13.2 Å². The lowest BCUT2D eigenvalue weighted by Crippen LogP contribution is -2.10. The first-order valence-electron chi connectivity index (χ1n) is 3.99. The Bertz CT molecular complexity index is 204. The molecule has 0 amide bonds. The first-order valence-corrected chi connectivity index (χ1v) is 3.99. The van der Waals surface area contributed by atoms with E-state index in [0.717, 1.165) is 0 Å². The van der Waals surface area contributed by atoms with Gasteiger partial charge in [0.15, 0.2) is 0 Å². The van der Waals surface area contributed by atoms with Crippen LogP contribution in [0.5, 0.6) is 0 Å². The van der Waals surface area contributed by atoms with Crippen LogP contribution >= 0.6 is 0 Å². The Morgan fingerprint density at radius 3 is 1.00 bits per heavy atom. The van der Waals surface area contributed by atoms with Crippen LogP contribution in [-0.2, 0) is 9.47 Å². The van der Waals surface area contributed by atoms with E-state index in [4.69, 9.17) is 25.2 Å². The van der Waals surface area contributed by atoms with Crippen molar-refractivity contribution in [2.24, 2.45) is 0 Å². The molecular formula is C9H16O9. The Labute approximate surface area is 103 Å². The van der Waals surface area contributed by atoms with Crippen LogP contribution in [0.15, 0.2) is 26.3 Å². The van der Waals surface area contributed by atoms with Crippen molar-refractivity contribution in [3.05, 3.63) is 26.3 Å². The van der Waals surface area contributed by atoms with E-state index in [1.807, 2.05) is 0 Å². The van der Waals surface area contributed by atoms with Crippen LogP contribution in [-0.4, -0.2) is 52.1 Å². The molecule has 0 atom stereocenters. The maximum absolute atomic E-state index is 9.62. The van der Waals surface area contributed by atoms with E-state index in [0.29, 0.717) is 0 Å². The first kappa shape index (κ1) is 24.5. The van der Waals surface area contributed by atoms with E-state index in [2.05, 4.69) is 35.8 Å². The van der Waals surface area contributed by atoms with E-state index in [-0.39, 0.29) is 13.2 Å². The van der Waals surface area contributed by atoms with Crippen LogP contribution < -0.4 is 0 Å². The van der Waals surface area contributed by atoms with Crippen LogP contribution in [0.1, 0.15) is 0 Å². The van der Waals surface area contributed by atoms with Gasteiger partial charge in [0, 0.05) is 0 Å². The van der Waals surface area contributed by atoms with E-state index in [9.17, 15) is 9.59 Å². The molecule has 9 heteroatoms. The van der Waals surface area contributed by atoms with Gasteiger partial charge in [-0.15, -0.1) is 26.3 Å². The maximum atomic E-state index is 9.62. The minimum absolute atomic E-state index is 0.276. The highest BCUT2D eigenvalue weighted by molar-refractivity contribution is 5.57. The predicted molar refractivity (Wildman–Crippen MR) is 61.1 cm³/mol. The van der Waals surface area contributed by atoms with Crippen LogP contribution in [0.25, 0.3) is 0 Å². The highest BCUT2D eigenvalue weighted by Crippen LogP contribution is 1.79. The topological polar surface area (TPSA) is 151 Å². The zero-order valence-corrected chi connectivity index (χ0v) is 9.57. The van der Waals surface area contributed by atoms with Crippen LogP contribution in [0.3, 0.4) is 0 Å². The Morgan fingerprint density at radius 1 is 0.722 bits per heavy atom. The molecule has 0 aromatic carbocycles. The van der Waals surface area contributed by atoms with E-state index < -0.39 is 18.5 Å². The summed E-state index contributed by atoms with van der Waals surface area (Å²) in [6, 6.07) is 0. The highest BCUT2D eigenvalue weighted by Gasteiger charge is 1.98. The minimum atomic E-state index is -1.83. The average Bonchev–Trinajstić information content (AvgIpc) is 2.29. The largest absolute Gasteiger partial charge is 0.505 e. The minimum Gasteiger partial charge on any atom is -0.450 e. The van der Waals surface area contributed by atoms with Gasteiger partial charge < -0.3 is 29.9 Å². The lowest BCUT2D eigenvalue weighted by molar-refractivity contribution is 0.0472. The van der Waals surface area contributed by atoms with E-state index in [1.165, 1.54) is 0 Å². The van der Waals surface area contributed by atoms with Crippen molar-refractivity contribution in [3.8, 4) is 0 Å². The molecule has 0 bridgehead atoms. The van der Waals surface area contributed by atoms with Gasteiger partial charge in [-0.3, -0.25) is 0 Å². The van der Waals surface area contributed by atoms with Gasteiger partial charge in [-0.1, -0.05) is 0 Å². The molecule has 0 spiro atoms. The summed E-state index contributed by atoms with van der Waals surface area (Å²) in [4.78, 5) is 27.8. The van der Waals surface area contributed by atoms with Gasteiger partial charge in [0.25, 0.3) is 0 Å². The summed E-state index contributed by atoms with van der Waals surface area (Å²) in [5.41, 5.74) is 0. The molecule has 0 aliphatic carbocycles. The molecule has 0 unspecified atom stereocenters. The summed E-state index contributed by atoms with van der Waals surface area (Å²) in [5.74, 6) is 0. The Morgan fingerprint density at radius 2 is 0.889 bits per heavy atom. The monoisotopic (exact) mass is 268 g/mol. The smallest absolute Gasteiger partial charge is 0.450 e. The van der Waals surface area contributed by atoms with Gasteiger partial charge in [-0.25, -0.2) is 14.4 Å². The zero-order chi connectivity index (χ0) is 15.6. The number of carbonyl (C=O) groups is 3. The van der Waals surface area contributed by atoms with Crippen molar-refractivity contribution < 1.29 is 44.3 Å². The average molecular weight is 268 g/mol. The summed E-state index contributed by atoms with van der Waals surface area (Å²) in [6.07, 6.45) is -4.73. The lowest BCUT2D eigenvalue weighted by atomic mass is 10.8. The third kappa shape index (κ3) is 109. The second-order valence-corrected chi connectivity index (χ2v) is 1.51. The van der Waals surface area contributed by atoms with Gasteiger partial charge in [-0.05, 0) is 0 Å². The fraction of sp³-hybridized carbons (Fsp3) is 0.222. The third-order valence-electron chi connectivity index (χ3n) is 0.534. The second-order valence-electron chi connectivity index (χ2n) is 1.51. The summed E-state index contributed by atoms with van der Waals surface area (Å²) in [5, 5.41) is 29.7. The Hall–Kier alpha value is -2.71. The van der Waals surface area contributed by atoms with Crippen LogP contribution in [0.4, 0.5) is 14.4 Å². The molecule has 0 aliphatic heterocycles. The lowest BCUT2D eigenvalue weighted by Gasteiger charge is -1.98. The maximum Gasteiger partial charge on any atom is 0.505 e. The van der Waals surface area contributed by atoms with Gasteiger partial charge >= 0.3 is 18.5 Å². The highest BCUT2D eigenvalue weighted by atomic mass is 16.7. The molecular weight excluding hydrogens is 252 g/mol. The molecule has 0 aromatic rings. The molecule has 4 N–H and O–H groups in total. The molecule has 0 heterocycles. The molecule has 0 saturated heterocycles. The SMILES string of the molecule is C=C.C=C.O=C(O)O.O=C(O)OCCOC(=O)O. The van der Waals surface area contributed by atoms with E-state index in [1.54, 1.807) is 0 Å². The molecule has 106 valence electrons. The van der Waals surface area contributed by atoms with Gasteiger partial charge in [-0.2, -0.15) is 0 Å². The number of carboxylic acid groups (broad SMARTS) is 4. The second kappa shape index (κ2) is 23.8. The quantitative estimate of drug-likeness (QED) is 0.343. The fourth-order valence-electron chi connectivity index (χ4n) is 0.258. The normalized spacial score (nSPS) is 6.44. The van der Waals surface area contributed by atoms with Gasteiger partial charge in [0.05, 0.1) is 0 Å². The van der Waals surface area contributed by atoms with Crippen molar-refractivity contribution in [1.29, 1.82) is 0 Å². The Balaban J connectivity index is -0.000000102. The zero-order valence-electron chi connectivity index (χ0n) is 9.57. The number of rotatable bonds is 3. The van der Waals surface area contributed by atoms with Crippen LogP contribution in [0, 0.1) is 0 Å². The number of ether oxygens (including phenoxy) is 2. The van der Waals surface area contributed by atoms with Crippen molar-refractivity contribution in [3.63, 3.8) is 0 Å². The number of hydrogen-bond acceptors (Lipinski definition) is 5. The molecule has 0 aliphatic rings. The fourth-order valence-corrected chi connectivity index (χ4v) is 0.258. The molecule has 0 rings (SSSR count). The molecule has 0 radical (unpaired) electrons. The van der Waals surface area contributed by atoms with Crippen LogP contribution in [0.2, 0.25) is 0 Å².